The minimum atomic E-state index is -3.51. The normalized spacial score (nSPS) is 10.9. The van der Waals surface area contributed by atoms with Crippen LogP contribution in [-0.2, 0) is 19.4 Å². The van der Waals surface area contributed by atoms with Gasteiger partial charge >= 0.3 is 5.97 Å². The zero-order chi connectivity index (χ0) is 15.3. The lowest BCUT2D eigenvalue weighted by Crippen LogP contribution is -2.33. The van der Waals surface area contributed by atoms with Gasteiger partial charge in [0.05, 0.1) is 23.3 Å². The maximum absolute atomic E-state index is 12.2. The van der Waals surface area contributed by atoms with Gasteiger partial charge in [-0.3, -0.25) is 9.59 Å². The number of carbonyl (C=O) groups excluding carboxylic acids is 2. The topological polar surface area (TPSA) is 80.8 Å². The van der Waals surface area contributed by atoms with Crippen molar-refractivity contribution in [2.45, 2.75) is 11.8 Å². The van der Waals surface area contributed by atoms with Gasteiger partial charge < -0.3 is 9.64 Å². The molecule has 0 heterocycles. The lowest BCUT2D eigenvalue weighted by molar-refractivity contribution is -0.141. The molecule has 110 valence electrons. The van der Waals surface area contributed by atoms with Crippen LogP contribution in [0.5, 0.6) is 0 Å². The van der Waals surface area contributed by atoms with Crippen LogP contribution < -0.4 is 0 Å². The van der Waals surface area contributed by atoms with E-state index in [1.54, 1.807) is 12.1 Å². The second kappa shape index (κ2) is 6.51. The van der Waals surface area contributed by atoms with Crippen LogP contribution >= 0.6 is 0 Å². The molecule has 0 aliphatic heterocycles. The Bertz CT molecular complexity index is 609. The lowest BCUT2D eigenvalue weighted by atomic mass is 10.2. The number of benzene rings is 1. The molecule has 0 aliphatic carbocycles. The smallest absolute Gasteiger partial charge is 0.325 e. The number of methoxy groups -OCH3 is 1. The predicted molar refractivity (Wildman–Crippen MR) is 73.1 cm³/mol. The molecule has 0 saturated heterocycles. The molecule has 0 N–H and O–H groups in total. The van der Waals surface area contributed by atoms with E-state index in [0.29, 0.717) is 0 Å². The van der Waals surface area contributed by atoms with Crippen molar-refractivity contribution in [1.29, 1.82) is 0 Å². The summed E-state index contributed by atoms with van der Waals surface area (Å²) in [5, 5.41) is 0. The van der Waals surface area contributed by atoms with Crippen molar-refractivity contribution in [3.8, 4) is 0 Å². The first kappa shape index (κ1) is 16.2. The molecule has 0 fully saturated rings. The third-order valence-electron chi connectivity index (χ3n) is 2.77. The van der Waals surface area contributed by atoms with Crippen molar-refractivity contribution in [3.63, 3.8) is 0 Å². The average molecular weight is 299 g/mol. The highest BCUT2D eigenvalue weighted by Gasteiger charge is 2.23. The van der Waals surface area contributed by atoms with E-state index >= 15 is 0 Å². The average Bonchev–Trinajstić information content (AvgIpc) is 2.46. The van der Waals surface area contributed by atoms with Crippen LogP contribution in [0.1, 0.15) is 17.3 Å². The molecule has 0 saturated carbocycles. The monoisotopic (exact) mass is 299 g/mol. The number of esters is 1. The molecule has 0 unspecified atom stereocenters. The first-order valence-corrected chi connectivity index (χ1v) is 7.62. The quantitative estimate of drug-likeness (QED) is 0.749. The minimum absolute atomic E-state index is 0.0239. The molecular weight excluding hydrogens is 282 g/mol. The first-order chi connectivity index (χ1) is 9.33. The van der Waals surface area contributed by atoms with Crippen molar-refractivity contribution in [3.05, 3.63) is 29.8 Å². The fourth-order valence-corrected chi connectivity index (χ4v) is 2.69. The van der Waals surface area contributed by atoms with Gasteiger partial charge in [0.1, 0.15) is 6.54 Å². The highest BCUT2D eigenvalue weighted by Crippen LogP contribution is 2.18. The van der Waals surface area contributed by atoms with E-state index in [-0.39, 0.29) is 22.8 Å². The van der Waals surface area contributed by atoms with Crippen LogP contribution in [-0.4, -0.2) is 51.6 Å². The molecule has 0 radical (unpaired) electrons. The number of carbonyl (C=O) groups is 2. The Morgan fingerprint density at radius 1 is 1.25 bits per heavy atom. The van der Waals surface area contributed by atoms with E-state index in [1.807, 2.05) is 0 Å². The Morgan fingerprint density at radius 2 is 1.85 bits per heavy atom. The number of hydrogen-bond acceptors (Lipinski definition) is 5. The lowest BCUT2D eigenvalue weighted by Gasteiger charge is -2.17. The number of rotatable bonds is 5. The number of amides is 1. The molecule has 1 amide bonds. The van der Waals surface area contributed by atoms with Gasteiger partial charge in [0.15, 0.2) is 9.84 Å². The van der Waals surface area contributed by atoms with Gasteiger partial charge in [-0.2, -0.15) is 0 Å². The summed E-state index contributed by atoms with van der Waals surface area (Å²) < 4.78 is 28.4. The first-order valence-electron chi connectivity index (χ1n) is 5.97. The van der Waals surface area contributed by atoms with E-state index < -0.39 is 21.7 Å². The third-order valence-corrected chi connectivity index (χ3v) is 4.56. The molecule has 0 aromatic heterocycles. The Kier molecular flexibility index (Phi) is 5.26. The van der Waals surface area contributed by atoms with Gasteiger partial charge in [0, 0.05) is 7.05 Å². The highest BCUT2D eigenvalue weighted by atomic mass is 32.2. The van der Waals surface area contributed by atoms with Gasteiger partial charge in [0.25, 0.3) is 5.91 Å². The number of nitrogens with zero attached hydrogens (tertiary/aromatic N) is 1. The van der Waals surface area contributed by atoms with E-state index in [4.69, 9.17) is 0 Å². The molecule has 20 heavy (non-hydrogen) atoms. The second-order valence-electron chi connectivity index (χ2n) is 4.14. The number of likely N-dealkylation sites (N-methyl/N-ethyl adjacent to an activating group) is 1. The molecule has 0 aliphatic rings. The molecule has 1 aromatic carbocycles. The second-order valence-corrected chi connectivity index (χ2v) is 6.38. The number of hydrogen-bond donors (Lipinski definition) is 0. The Balaban J connectivity index is 3.15. The summed E-state index contributed by atoms with van der Waals surface area (Å²) >= 11 is 0. The molecule has 0 spiro atoms. The minimum Gasteiger partial charge on any atom is -0.468 e. The van der Waals surface area contributed by atoms with E-state index in [0.717, 1.165) is 4.90 Å². The van der Waals surface area contributed by atoms with Gasteiger partial charge in [0.2, 0.25) is 0 Å². The van der Waals surface area contributed by atoms with Crippen LogP contribution in [0.2, 0.25) is 0 Å². The zero-order valence-corrected chi connectivity index (χ0v) is 12.4. The maximum Gasteiger partial charge on any atom is 0.325 e. The predicted octanol–water partition coefficient (Wildman–Crippen LogP) is 0.725. The molecule has 6 nitrogen and oxygen atoms in total. The fourth-order valence-electron chi connectivity index (χ4n) is 1.61. The van der Waals surface area contributed by atoms with Crippen molar-refractivity contribution < 1.29 is 22.7 Å². The van der Waals surface area contributed by atoms with Crippen LogP contribution in [0.3, 0.4) is 0 Å². The fraction of sp³-hybridized carbons (Fsp3) is 0.385. The summed E-state index contributed by atoms with van der Waals surface area (Å²) in [6, 6.07) is 5.95. The van der Waals surface area contributed by atoms with Crippen molar-refractivity contribution in [2.24, 2.45) is 0 Å². The van der Waals surface area contributed by atoms with Crippen LogP contribution in [0.25, 0.3) is 0 Å². The standard InChI is InChI=1S/C13H17NO5S/c1-4-20(17,18)11-8-6-5-7-10(11)13(16)14(2)9-12(15)19-3/h5-8H,4,9H2,1-3H3. The number of ether oxygens (including phenoxy) is 1. The molecule has 1 aromatic rings. The van der Waals surface area contributed by atoms with Crippen molar-refractivity contribution >= 4 is 21.7 Å². The van der Waals surface area contributed by atoms with Gasteiger partial charge in [-0.25, -0.2) is 8.42 Å². The van der Waals surface area contributed by atoms with Crippen LogP contribution in [0, 0.1) is 0 Å². The molecule has 0 atom stereocenters. The van der Waals surface area contributed by atoms with Crippen molar-refractivity contribution in [1.82, 2.24) is 4.90 Å². The summed E-state index contributed by atoms with van der Waals surface area (Å²) in [7, 11) is -0.875. The summed E-state index contributed by atoms with van der Waals surface area (Å²) in [6.45, 7) is 1.27. The molecule has 1 rings (SSSR count). The number of sulfone groups is 1. The Labute approximate surface area is 118 Å². The van der Waals surface area contributed by atoms with E-state index in [9.17, 15) is 18.0 Å². The largest absolute Gasteiger partial charge is 0.468 e. The van der Waals surface area contributed by atoms with E-state index in [1.165, 1.54) is 33.2 Å². The maximum atomic E-state index is 12.2. The summed E-state index contributed by atoms with van der Waals surface area (Å²) in [5.41, 5.74) is 0.0563. The molecule has 7 heteroatoms. The van der Waals surface area contributed by atoms with Gasteiger partial charge in [-0.1, -0.05) is 19.1 Å². The van der Waals surface area contributed by atoms with Gasteiger partial charge in [-0.15, -0.1) is 0 Å². The Morgan fingerprint density at radius 3 is 2.40 bits per heavy atom. The molecule has 0 bridgehead atoms. The van der Waals surface area contributed by atoms with Crippen LogP contribution in [0.4, 0.5) is 0 Å². The summed E-state index contributed by atoms with van der Waals surface area (Å²) in [4.78, 5) is 24.5. The molecular formula is C13H17NO5S. The zero-order valence-electron chi connectivity index (χ0n) is 11.6. The third kappa shape index (κ3) is 3.57. The Hall–Kier alpha value is -1.89. The van der Waals surface area contributed by atoms with Gasteiger partial charge in [-0.05, 0) is 12.1 Å². The summed E-state index contributed by atoms with van der Waals surface area (Å²) in [5.74, 6) is -1.21. The highest BCUT2D eigenvalue weighted by molar-refractivity contribution is 7.91. The van der Waals surface area contributed by atoms with Crippen molar-refractivity contribution in [2.75, 3.05) is 26.5 Å². The SMILES string of the molecule is CCS(=O)(=O)c1ccccc1C(=O)N(C)CC(=O)OC. The van der Waals surface area contributed by atoms with E-state index in [2.05, 4.69) is 4.74 Å². The van der Waals surface area contributed by atoms with Crippen LogP contribution in [0.15, 0.2) is 29.2 Å². The summed E-state index contributed by atoms with van der Waals surface area (Å²) in [6.07, 6.45) is 0.